The fourth-order valence-electron chi connectivity index (χ4n) is 3.21. The fourth-order valence-corrected chi connectivity index (χ4v) is 4.36. The van der Waals surface area contributed by atoms with Gasteiger partial charge in [-0.2, -0.15) is 4.31 Å². The molecular weight excluding hydrogens is 380 g/mol. The van der Waals surface area contributed by atoms with Gasteiger partial charge in [0, 0.05) is 43.9 Å². The van der Waals surface area contributed by atoms with Gasteiger partial charge in [-0.15, -0.1) is 0 Å². The normalized spacial score (nSPS) is 14.6. The summed E-state index contributed by atoms with van der Waals surface area (Å²) in [7, 11) is 0.929. The summed E-state index contributed by atoms with van der Waals surface area (Å²) in [5, 5.41) is 0. The van der Waals surface area contributed by atoms with Gasteiger partial charge >= 0.3 is 0 Å². The zero-order valence-electron chi connectivity index (χ0n) is 16.2. The molecule has 0 radical (unpaired) electrons. The van der Waals surface area contributed by atoms with Gasteiger partial charge in [0.15, 0.2) is 0 Å². The van der Waals surface area contributed by atoms with E-state index < -0.39 is 10.0 Å². The van der Waals surface area contributed by atoms with Gasteiger partial charge in [-0.05, 0) is 36.8 Å². The van der Waals surface area contributed by atoms with Gasteiger partial charge in [0.05, 0.1) is 19.1 Å². The number of nitrogens with zero attached hydrogens (tertiary/aromatic N) is 2. The molecule has 2 aromatic rings. The SMILES string of the molecule is COc1ccc(CN(C)S(=O)(=O)c2ccc(N3CCCC3=O)cc2)c(OC)c1. The Morgan fingerprint density at radius 1 is 1.07 bits per heavy atom. The van der Waals surface area contributed by atoms with Gasteiger partial charge in [0.2, 0.25) is 15.9 Å². The first-order valence-electron chi connectivity index (χ1n) is 8.94. The molecule has 1 amide bonds. The average Bonchev–Trinajstić information content (AvgIpc) is 3.14. The van der Waals surface area contributed by atoms with Crippen LogP contribution in [0.1, 0.15) is 18.4 Å². The summed E-state index contributed by atoms with van der Waals surface area (Å²) in [6, 6.07) is 11.7. The van der Waals surface area contributed by atoms with Gasteiger partial charge in [-0.25, -0.2) is 8.42 Å². The molecule has 8 heteroatoms. The summed E-state index contributed by atoms with van der Waals surface area (Å²) in [4.78, 5) is 13.7. The summed E-state index contributed by atoms with van der Waals surface area (Å²) in [6.07, 6.45) is 1.36. The minimum Gasteiger partial charge on any atom is -0.497 e. The second-order valence-corrected chi connectivity index (χ2v) is 8.63. The molecule has 1 aliphatic rings. The fraction of sp³-hybridized carbons (Fsp3) is 0.350. The van der Waals surface area contributed by atoms with E-state index in [0.717, 1.165) is 17.7 Å². The first kappa shape index (κ1) is 20.2. The van der Waals surface area contributed by atoms with Crippen LogP contribution in [-0.4, -0.2) is 46.4 Å². The molecule has 0 N–H and O–H groups in total. The standard InChI is InChI=1S/C20H24N2O5S/c1-21(14-15-6-9-17(26-2)13-19(15)27-3)28(24,25)18-10-7-16(8-11-18)22-12-4-5-20(22)23/h6-11,13H,4-5,12,14H2,1-3H3. The van der Waals surface area contributed by atoms with Crippen LogP contribution in [0.4, 0.5) is 5.69 Å². The average molecular weight is 404 g/mol. The van der Waals surface area contributed by atoms with Crippen molar-refractivity contribution in [1.82, 2.24) is 4.31 Å². The van der Waals surface area contributed by atoms with Gasteiger partial charge in [-0.3, -0.25) is 4.79 Å². The van der Waals surface area contributed by atoms with Crippen LogP contribution in [0.3, 0.4) is 0 Å². The quantitative estimate of drug-likeness (QED) is 0.709. The summed E-state index contributed by atoms with van der Waals surface area (Å²) in [5.41, 5.74) is 1.45. The Balaban J connectivity index is 1.79. The van der Waals surface area contributed by atoms with Crippen LogP contribution >= 0.6 is 0 Å². The van der Waals surface area contributed by atoms with Crippen LogP contribution < -0.4 is 14.4 Å². The number of hydrogen-bond donors (Lipinski definition) is 0. The molecule has 28 heavy (non-hydrogen) atoms. The largest absolute Gasteiger partial charge is 0.497 e. The lowest BCUT2D eigenvalue weighted by molar-refractivity contribution is -0.117. The van der Waals surface area contributed by atoms with Crippen LogP contribution in [0.5, 0.6) is 11.5 Å². The van der Waals surface area contributed by atoms with Crippen molar-refractivity contribution in [1.29, 1.82) is 0 Å². The molecule has 1 saturated heterocycles. The van der Waals surface area contributed by atoms with Crippen molar-refractivity contribution in [3.8, 4) is 11.5 Å². The third kappa shape index (κ3) is 3.98. The Bertz CT molecular complexity index is 957. The number of hydrogen-bond acceptors (Lipinski definition) is 5. The van der Waals surface area contributed by atoms with Crippen molar-refractivity contribution in [3.63, 3.8) is 0 Å². The maximum absolute atomic E-state index is 12.9. The number of anilines is 1. The number of benzene rings is 2. The maximum atomic E-state index is 12.9. The van der Waals surface area contributed by atoms with Crippen molar-refractivity contribution in [2.45, 2.75) is 24.3 Å². The molecule has 0 aromatic heterocycles. The second kappa shape index (κ2) is 8.20. The van der Waals surface area contributed by atoms with Crippen molar-refractivity contribution >= 4 is 21.6 Å². The molecule has 2 aromatic carbocycles. The lowest BCUT2D eigenvalue weighted by Crippen LogP contribution is -2.27. The number of carbonyl (C=O) groups excluding carboxylic acids is 1. The number of carbonyl (C=O) groups is 1. The Morgan fingerprint density at radius 3 is 2.36 bits per heavy atom. The van der Waals surface area contributed by atoms with E-state index in [2.05, 4.69) is 0 Å². The van der Waals surface area contributed by atoms with Crippen molar-refractivity contribution in [2.75, 3.05) is 32.7 Å². The third-order valence-corrected chi connectivity index (χ3v) is 6.63. The highest BCUT2D eigenvalue weighted by Crippen LogP contribution is 2.28. The lowest BCUT2D eigenvalue weighted by atomic mass is 10.2. The van der Waals surface area contributed by atoms with Crippen molar-refractivity contribution < 1.29 is 22.7 Å². The molecule has 0 aliphatic carbocycles. The number of methoxy groups -OCH3 is 2. The molecule has 0 bridgehead atoms. The summed E-state index contributed by atoms with van der Waals surface area (Å²) in [6.45, 7) is 0.823. The van der Waals surface area contributed by atoms with Crippen LogP contribution in [-0.2, 0) is 21.4 Å². The van der Waals surface area contributed by atoms with E-state index in [-0.39, 0.29) is 17.3 Å². The Morgan fingerprint density at radius 2 is 1.79 bits per heavy atom. The van der Waals surface area contributed by atoms with Gasteiger partial charge in [0.25, 0.3) is 0 Å². The molecule has 3 rings (SSSR count). The highest BCUT2D eigenvalue weighted by atomic mass is 32.2. The molecule has 150 valence electrons. The molecular formula is C20H24N2O5S. The van der Waals surface area contributed by atoms with Crippen LogP contribution in [0.15, 0.2) is 47.4 Å². The highest BCUT2D eigenvalue weighted by Gasteiger charge is 2.25. The zero-order chi connectivity index (χ0) is 20.3. The van der Waals surface area contributed by atoms with Crippen LogP contribution in [0.2, 0.25) is 0 Å². The van der Waals surface area contributed by atoms with E-state index >= 15 is 0 Å². The van der Waals surface area contributed by atoms with Crippen molar-refractivity contribution in [2.24, 2.45) is 0 Å². The number of sulfonamides is 1. The highest BCUT2D eigenvalue weighted by molar-refractivity contribution is 7.89. The van der Waals surface area contributed by atoms with Gasteiger partial charge in [-0.1, -0.05) is 6.07 Å². The monoisotopic (exact) mass is 404 g/mol. The summed E-state index contributed by atoms with van der Waals surface area (Å²) >= 11 is 0. The second-order valence-electron chi connectivity index (χ2n) is 6.58. The number of ether oxygens (including phenoxy) is 2. The van der Waals surface area contributed by atoms with E-state index in [4.69, 9.17) is 9.47 Å². The summed E-state index contributed by atoms with van der Waals surface area (Å²) in [5.74, 6) is 1.27. The molecule has 0 saturated carbocycles. The Hall–Kier alpha value is -2.58. The third-order valence-electron chi connectivity index (χ3n) is 4.82. The Kier molecular flexibility index (Phi) is 5.90. The first-order valence-corrected chi connectivity index (χ1v) is 10.4. The van der Waals surface area contributed by atoms with E-state index in [1.807, 2.05) is 0 Å². The first-order chi connectivity index (χ1) is 13.4. The number of amides is 1. The minimum absolute atomic E-state index is 0.0688. The Labute approximate surface area is 165 Å². The maximum Gasteiger partial charge on any atom is 0.243 e. The molecule has 0 atom stereocenters. The van der Waals surface area contributed by atoms with Gasteiger partial charge < -0.3 is 14.4 Å². The zero-order valence-corrected chi connectivity index (χ0v) is 17.0. The summed E-state index contributed by atoms with van der Waals surface area (Å²) < 4.78 is 37.7. The van der Waals surface area contributed by atoms with E-state index in [1.165, 1.54) is 30.6 Å². The smallest absolute Gasteiger partial charge is 0.243 e. The van der Waals surface area contributed by atoms with Gasteiger partial charge in [0.1, 0.15) is 11.5 Å². The van der Waals surface area contributed by atoms with Crippen LogP contribution in [0.25, 0.3) is 0 Å². The van der Waals surface area contributed by atoms with E-state index in [1.54, 1.807) is 42.3 Å². The lowest BCUT2D eigenvalue weighted by Gasteiger charge is -2.20. The predicted octanol–water partition coefficient (Wildman–Crippen LogP) is 2.65. The molecule has 1 heterocycles. The molecule has 0 spiro atoms. The minimum atomic E-state index is -3.69. The number of rotatable bonds is 7. The topological polar surface area (TPSA) is 76.2 Å². The van der Waals surface area contributed by atoms with E-state index in [9.17, 15) is 13.2 Å². The predicted molar refractivity (Wildman–Crippen MR) is 106 cm³/mol. The molecule has 0 unspecified atom stereocenters. The van der Waals surface area contributed by atoms with Crippen LogP contribution in [0, 0.1) is 0 Å². The molecule has 1 aliphatic heterocycles. The van der Waals surface area contributed by atoms with Crippen molar-refractivity contribution in [3.05, 3.63) is 48.0 Å². The van der Waals surface area contributed by atoms with E-state index in [0.29, 0.717) is 24.5 Å². The molecule has 7 nitrogen and oxygen atoms in total. The molecule has 1 fully saturated rings.